The van der Waals surface area contributed by atoms with Crippen LogP contribution in [0.4, 0.5) is 13.6 Å². The second kappa shape index (κ2) is 4.55. The molecular formula is C9H8F2O3. The molecule has 0 heterocycles. The van der Waals surface area contributed by atoms with Crippen molar-refractivity contribution in [1.82, 2.24) is 0 Å². The van der Waals surface area contributed by atoms with E-state index in [2.05, 4.69) is 9.47 Å². The Morgan fingerprint density at radius 2 is 1.86 bits per heavy atom. The summed E-state index contributed by atoms with van der Waals surface area (Å²) in [5, 5.41) is 0. The third-order valence-electron chi connectivity index (χ3n) is 1.45. The Balaban J connectivity index is 2.63. The van der Waals surface area contributed by atoms with Crippen LogP contribution in [0.3, 0.4) is 0 Å². The highest BCUT2D eigenvalue weighted by Crippen LogP contribution is 2.09. The molecule has 0 unspecified atom stereocenters. The van der Waals surface area contributed by atoms with Gasteiger partial charge >= 0.3 is 6.16 Å². The van der Waals surface area contributed by atoms with Crippen LogP contribution in [0.25, 0.3) is 0 Å². The van der Waals surface area contributed by atoms with Gasteiger partial charge in [-0.2, -0.15) is 0 Å². The summed E-state index contributed by atoms with van der Waals surface area (Å²) >= 11 is 0. The minimum Gasteiger partial charge on any atom is -0.438 e. The van der Waals surface area contributed by atoms with E-state index in [9.17, 15) is 13.6 Å². The van der Waals surface area contributed by atoms with Crippen molar-refractivity contribution in [3.8, 4) is 0 Å². The quantitative estimate of drug-likeness (QED) is 0.690. The van der Waals surface area contributed by atoms with Crippen LogP contribution in [0.5, 0.6) is 0 Å². The first kappa shape index (κ1) is 10.4. The van der Waals surface area contributed by atoms with Crippen molar-refractivity contribution < 1.29 is 23.0 Å². The molecule has 0 spiro atoms. The van der Waals surface area contributed by atoms with Crippen LogP contribution in [0.1, 0.15) is 5.56 Å². The van der Waals surface area contributed by atoms with Gasteiger partial charge in [-0.05, 0) is 17.7 Å². The van der Waals surface area contributed by atoms with Crippen molar-refractivity contribution in [2.24, 2.45) is 0 Å². The molecule has 0 aromatic heterocycles. The third kappa shape index (κ3) is 3.01. The molecule has 0 saturated heterocycles. The highest BCUT2D eigenvalue weighted by molar-refractivity contribution is 5.59. The molecule has 0 fully saturated rings. The van der Waals surface area contributed by atoms with Gasteiger partial charge in [0.25, 0.3) is 0 Å². The van der Waals surface area contributed by atoms with Crippen LogP contribution in [-0.4, -0.2) is 13.3 Å². The fraction of sp³-hybridized carbons (Fsp3) is 0.222. The van der Waals surface area contributed by atoms with Crippen LogP contribution in [0, 0.1) is 11.6 Å². The lowest BCUT2D eigenvalue weighted by molar-refractivity contribution is 0.0667. The predicted molar refractivity (Wildman–Crippen MR) is 43.6 cm³/mol. The van der Waals surface area contributed by atoms with Gasteiger partial charge in [-0.3, -0.25) is 0 Å². The van der Waals surface area contributed by atoms with E-state index in [1.807, 2.05) is 0 Å². The van der Waals surface area contributed by atoms with E-state index in [-0.39, 0.29) is 12.2 Å². The van der Waals surface area contributed by atoms with Gasteiger partial charge in [0.2, 0.25) is 0 Å². The number of benzene rings is 1. The standard InChI is InChI=1S/C9H8F2O3/c1-13-9(12)14-5-6-2-7(10)4-8(11)3-6/h2-4H,5H2,1H3. The summed E-state index contributed by atoms with van der Waals surface area (Å²) in [7, 11) is 1.15. The van der Waals surface area contributed by atoms with Crippen LogP contribution in [0.15, 0.2) is 18.2 Å². The Kier molecular flexibility index (Phi) is 3.39. The van der Waals surface area contributed by atoms with E-state index in [1.54, 1.807) is 0 Å². The SMILES string of the molecule is COC(=O)OCc1cc(F)cc(F)c1. The van der Waals surface area contributed by atoms with Crippen molar-refractivity contribution >= 4 is 6.16 Å². The molecule has 0 aliphatic carbocycles. The van der Waals surface area contributed by atoms with Gasteiger partial charge in [-0.15, -0.1) is 0 Å². The minimum absolute atomic E-state index is 0.221. The van der Waals surface area contributed by atoms with Gasteiger partial charge in [0.1, 0.15) is 18.2 Å². The first-order valence-corrected chi connectivity index (χ1v) is 3.77. The lowest BCUT2D eigenvalue weighted by Gasteiger charge is -2.03. The molecule has 0 atom stereocenters. The van der Waals surface area contributed by atoms with E-state index >= 15 is 0 Å². The number of carbonyl (C=O) groups is 1. The lowest BCUT2D eigenvalue weighted by atomic mass is 10.2. The number of rotatable bonds is 2. The van der Waals surface area contributed by atoms with E-state index in [0.717, 1.165) is 25.3 Å². The van der Waals surface area contributed by atoms with Crippen molar-refractivity contribution in [2.45, 2.75) is 6.61 Å². The van der Waals surface area contributed by atoms with Gasteiger partial charge in [0.05, 0.1) is 7.11 Å². The molecule has 5 heteroatoms. The summed E-state index contributed by atoms with van der Waals surface area (Å²) in [6.07, 6.45) is -0.894. The fourth-order valence-electron chi connectivity index (χ4n) is 0.895. The Bertz CT molecular complexity index is 319. The number of methoxy groups -OCH3 is 1. The summed E-state index contributed by atoms with van der Waals surface area (Å²) in [6.45, 7) is -0.221. The highest BCUT2D eigenvalue weighted by Gasteiger charge is 2.04. The molecule has 1 aromatic carbocycles. The maximum Gasteiger partial charge on any atom is 0.508 e. The average molecular weight is 202 g/mol. The third-order valence-corrected chi connectivity index (χ3v) is 1.45. The van der Waals surface area contributed by atoms with Crippen LogP contribution < -0.4 is 0 Å². The smallest absolute Gasteiger partial charge is 0.438 e. The molecule has 0 N–H and O–H groups in total. The first-order valence-electron chi connectivity index (χ1n) is 3.77. The van der Waals surface area contributed by atoms with Crippen LogP contribution >= 0.6 is 0 Å². The molecular weight excluding hydrogens is 194 g/mol. The van der Waals surface area contributed by atoms with E-state index in [4.69, 9.17) is 0 Å². The second-order valence-corrected chi connectivity index (χ2v) is 2.52. The van der Waals surface area contributed by atoms with Crippen LogP contribution in [-0.2, 0) is 16.1 Å². The van der Waals surface area contributed by atoms with Gasteiger partial charge in [0, 0.05) is 6.07 Å². The molecule has 1 aromatic rings. The molecule has 76 valence electrons. The normalized spacial score (nSPS) is 9.64. The van der Waals surface area contributed by atoms with Gasteiger partial charge in [0.15, 0.2) is 0 Å². The number of hydrogen-bond donors (Lipinski definition) is 0. The van der Waals surface area contributed by atoms with Crippen LogP contribution in [0.2, 0.25) is 0 Å². The summed E-state index contributed by atoms with van der Waals surface area (Å²) in [6, 6.07) is 2.89. The van der Waals surface area contributed by atoms with Gasteiger partial charge in [-0.1, -0.05) is 0 Å². The average Bonchev–Trinajstić information content (AvgIpc) is 2.12. The van der Waals surface area contributed by atoms with E-state index in [1.165, 1.54) is 0 Å². The maximum atomic E-state index is 12.6. The summed E-state index contributed by atoms with van der Waals surface area (Å²) < 4.78 is 33.9. The van der Waals surface area contributed by atoms with Crippen molar-refractivity contribution in [2.75, 3.05) is 7.11 Å². The second-order valence-electron chi connectivity index (χ2n) is 2.52. The Morgan fingerprint density at radius 3 is 2.36 bits per heavy atom. The fourth-order valence-corrected chi connectivity index (χ4v) is 0.895. The lowest BCUT2D eigenvalue weighted by Crippen LogP contribution is -2.04. The van der Waals surface area contributed by atoms with Crippen molar-refractivity contribution in [3.63, 3.8) is 0 Å². The first-order chi connectivity index (χ1) is 6.61. The summed E-state index contributed by atoms with van der Waals surface area (Å²) in [5.41, 5.74) is 0.230. The molecule has 0 saturated carbocycles. The zero-order valence-corrected chi connectivity index (χ0v) is 7.42. The van der Waals surface area contributed by atoms with Gasteiger partial charge < -0.3 is 9.47 Å². The predicted octanol–water partition coefficient (Wildman–Crippen LogP) is 2.25. The molecule has 0 amide bonds. The minimum atomic E-state index is -0.894. The zero-order chi connectivity index (χ0) is 10.6. The molecule has 1 rings (SSSR count). The van der Waals surface area contributed by atoms with Crippen molar-refractivity contribution in [1.29, 1.82) is 0 Å². The Labute approximate surface area is 79.2 Å². The van der Waals surface area contributed by atoms with Crippen molar-refractivity contribution in [3.05, 3.63) is 35.4 Å². The number of halogens is 2. The topological polar surface area (TPSA) is 35.5 Å². The number of ether oxygens (including phenoxy) is 2. The summed E-state index contributed by atoms with van der Waals surface area (Å²) in [5.74, 6) is -1.43. The molecule has 0 bridgehead atoms. The Morgan fingerprint density at radius 1 is 1.29 bits per heavy atom. The monoisotopic (exact) mass is 202 g/mol. The van der Waals surface area contributed by atoms with E-state index in [0.29, 0.717) is 0 Å². The molecule has 0 aliphatic heterocycles. The van der Waals surface area contributed by atoms with E-state index < -0.39 is 17.8 Å². The maximum absolute atomic E-state index is 12.6. The molecule has 0 aliphatic rings. The Hall–Kier alpha value is -1.65. The highest BCUT2D eigenvalue weighted by atomic mass is 19.1. The molecule has 0 radical (unpaired) electrons. The molecule has 14 heavy (non-hydrogen) atoms. The zero-order valence-electron chi connectivity index (χ0n) is 7.42. The number of hydrogen-bond acceptors (Lipinski definition) is 3. The largest absolute Gasteiger partial charge is 0.508 e. The number of carbonyl (C=O) groups excluding carboxylic acids is 1. The van der Waals surface area contributed by atoms with Gasteiger partial charge in [-0.25, -0.2) is 13.6 Å². The molecule has 3 nitrogen and oxygen atoms in total. The summed E-state index contributed by atoms with van der Waals surface area (Å²) in [4.78, 5) is 10.5.